The highest BCUT2D eigenvalue weighted by Gasteiger charge is 2.25. The van der Waals surface area contributed by atoms with Gasteiger partial charge in [-0.05, 0) is 37.5 Å². The van der Waals surface area contributed by atoms with E-state index < -0.39 is 4.92 Å². The molecule has 0 aliphatic carbocycles. The summed E-state index contributed by atoms with van der Waals surface area (Å²) in [5, 5.41) is 13.7. The van der Waals surface area contributed by atoms with E-state index in [1.165, 1.54) is 11.6 Å². The van der Waals surface area contributed by atoms with Gasteiger partial charge in [-0.15, -0.1) is 0 Å². The fourth-order valence-electron chi connectivity index (χ4n) is 3.08. The van der Waals surface area contributed by atoms with Crippen molar-refractivity contribution >= 4 is 23.0 Å². The normalized spacial score (nSPS) is 16.4. The zero-order chi connectivity index (χ0) is 17.1. The summed E-state index contributed by atoms with van der Waals surface area (Å²) in [7, 11) is 0. The molecule has 1 unspecified atom stereocenters. The van der Waals surface area contributed by atoms with Crippen LogP contribution in [0.25, 0.3) is 0 Å². The first kappa shape index (κ1) is 16.0. The Kier molecular flexibility index (Phi) is 4.46. The van der Waals surface area contributed by atoms with Crippen LogP contribution in [-0.4, -0.2) is 23.4 Å². The molecule has 2 aromatic rings. The first-order chi connectivity index (χ1) is 11.6. The first-order valence-corrected chi connectivity index (χ1v) is 7.94. The lowest BCUT2D eigenvalue weighted by Gasteiger charge is -2.36. The highest BCUT2D eigenvalue weighted by molar-refractivity contribution is 5.96. The summed E-state index contributed by atoms with van der Waals surface area (Å²) in [6.45, 7) is 2.26. The van der Waals surface area contributed by atoms with Crippen LogP contribution < -0.4 is 10.2 Å². The second kappa shape index (κ2) is 6.70. The van der Waals surface area contributed by atoms with Crippen molar-refractivity contribution in [3.8, 4) is 0 Å². The number of nitrogens with zero attached hydrogens (tertiary/aromatic N) is 2. The fourth-order valence-corrected chi connectivity index (χ4v) is 3.08. The van der Waals surface area contributed by atoms with Gasteiger partial charge in [0.25, 0.3) is 5.69 Å². The van der Waals surface area contributed by atoms with E-state index in [1.54, 1.807) is 18.2 Å². The number of para-hydroxylation sites is 3. The third-order valence-corrected chi connectivity index (χ3v) is 4.35. The lowest BCUT2D eigenvalue weighted by Crippen LogP contribution is -2.42. The number of nitrogens with one attached hydrogen (secondary N) is 1. The number of anilines is 2. The molecule has 1 amide bonds. The van der Waals surface area contributed by atoms with E-state index >= 15 is 0 Å². The Morgan fingerprint density at radius 1 is 1.25 bits per heavy atom. The van der Waals surface area contributed by atoms with Crippen molar-refractivity contribution in [2.45, 2.75) is 25.8 Å². The second-order valence-electron chi connectivity index (χ2n) is 5.97. The number of nitro groups is 1. The lowest BCUT2D eigenvalue weighted by atomic mass is 9.96. The molecule has 0 bridgehead atoms. The average Bonchev–Trinajstić information content (AvgIpc) is 2.58. The van der Waals surface area contributed by atoms with Crippen molar-refractivity contribution in [2.75, 3.05) is 16.8 Å². The van der Waals surface area contributed by atoms with Gasteiger partial charge >= 0.3 is 0 Å². The van der Waals surface area contributed by atoms with Gasteiger partial charge in [-0.3, -0.25) is 14.9 Å². The molecule has 1 aliphatic heterocycles. The number of nitro benzene ring substituents is 1. The van der Waals surface area contributed by atoms with E-state index in [9.17, 15) is 14.9 Å². The maximum Gasteiger partial charge on any atom is 0.292 e. The Morgan fingerprint density at radius 2 is 1.96 bits per heavy atom. The Labute approximate surface area is 140 Å². The van der Waals surface area contributed by atoms with Crippen LogP contribution in [0.15, 0.2) is 48.5 Å². The van der Waals surface area contributed by atoms with Crippen LogP contribution in [0, 0.1) is 10.1 Å². The Hall–Kier alpha value is -2.89. The number of fused-ring (bicyclic) bond motifs is 1. The van der Waals surface area contributed by atoms with E-state index in [0.29, 0.717) is 0 Å². The van der Waals surface area contributed by atoms with Crippen molar-refractivity contribution in [1.29, 1.82) is 0 Å². The standard InChI is InChI=1S/C18H19N3O3/c1-13-10-11-14-6-2-4-8-16(14)20(13)12-18(22)19-15-7-3-5-9-17(15)21(23)24/h2-9,13H,10-12H2,1H3,(H,19,22). The van der Waals surface area contributed by atoms with Crippen LogP contribution in [0.5, 0.6) is 0 Å². The minimum absolute atomic E-state index is 0.0991. The number of carbonyl (C=O) groups excluding carboxylic acids is 1. The van der Waals surface area contributed by atoms with Gasteiger partial charge in [-0.25, -0.2) is 0 Å². The maximum absolute atomic E-state index is 12.4. The summed E-state index contributed by atoms with van der Waals surface area (Å²) in [6, 6.07) is 14.5. The molecule has 6 heteroatoms. The molecule has 3 rings (SSSR count). The molecule has 1 atom stereocenters. The highest BCUT2D eigenvalue weighted by atomic mass is 16.6. The van der Waals surface area contributed by atoms with E-state index in [2.05, 4.69) is 23.2 Å². The zero-order valence-electron chi connectivity index (χ0n) is 13.4. The lowest BCUT2D eigenvalue weighted by molar-refractivity contribution is -0.383. The summed E-state index contributed by atoms with van der Waals surface area (Å²) in [5.74, 6) is -0.257. The molecule has 0 aromatic heterocycles. The molecule has 1 heterocycles. The van der Waals surface area contributed by atoms with Gasteiger partial charge in [0.15, 0.2) is 0 Å². The van der Waals surface area contributed by atoms with Crippen molar-refractivity contribution in [1.82, 2.24) is 0 Å². The van der Waals surface area contributed by atoms with Gasteiger partial charge < -0.3 is 10.2 Å². The van der Waals surface area contributed by atoms with Crippen molar-refractivity contribution in [3.05, 3.63) is 64.2 Å². The van der Waals surface area contributed by atoms with Crippen LogP contribution in [0.3, 0.4) is 0 Å². The second-order valence-corrected chi connectivity index (χ2v) is 5.97. The molecular formula is C18H19N3O3. The van der Waals surface area contributed by atoms with Gasteiger partial charge in [0, 0.05) is 17.8 Å². The van der Waals surface area contributed by atoms with E-state index in [-0.39, 0.29) is 29.9 Å². The summed E-state index contributed by atoms with van der Waals surface area (Å²) < 4.78 is 0. The van der Waals surface area contributed by atoms with E-state index in [1.807, 2.05) is 18.2 Å². The molecule has 0 fully saturated rings. The van der Waals surface area contributed by atoms with Crippen LogP contribution in [0.4, 0.5) is 17.1 Å². The summed E-state index contributed by atoms with van der Waals surface area (Å²) >= 11 is 0. The zero-order valence-corrected chi connectivity index (χ0v) is 13.4. The van der Waals surface area contributed by atoms with Gasteiger partial charge in [0.2, 0.25) is 5.91 Å². The molecule has 0 saturated heterocycles. The number of amides is 1. The molecule has 0 saturated carbocycles. The van der Waals surface area contributed by atoms with Gasteiger partial charge in [0.1, 0.15) is 5.69 Å². The fraction of sp³-hybridized carbons (Fsp3) is 0.278. The third-order valence-electron chi connectivity index (χ3n) is 4.35. The molecular weight excluding hydrogens is 306 g/mol. The Morgan fingerprint density at radius 3 is 2.75 bits per heavy atom. The SMILES string of the molecule is CC1CCc2ccccc2N1CC(=O)Nc1ccccc1[N+](=O)[O-]. The minimum Gasteiger partial charge on any atom is -0.359 e. The van der Waals surface area contributed by atoms with Crippen LogP contribution in [0.1, 0.15) is 18.9 Å². The van der Waals surface area contributed by atoms with Gasteiger partial charge in [0.05, 0.1) is 11.5 Å². The quantitative estimate of drug-likeness (QED) is 0.691. The summed E-state index contributed by atoms with van der Waals surface area (Å²) in [4.78, 5) is 25.1. The number of rotatable bonds is 4. The van der Waals surface area contributed by atoms with Gasteiger partial charge in [-0.1, -0.05) is 30.3 Å². The molecule has 124 valence electrons. The van der Waals surface area contributed by atoms with Crippen molar-refractivity contribution in [2.24, 2.45) is 0 Å². The van der Waals surface area contributed by atoms with Crippen molar-refractivity contribution in [3.63, 3.8) is 0 Å². The predicted molar refractivity (Wildman–Crippen MR) is 93.3 cm³/mol. The van der Waals surface area contributed by atoms with Crippen LogP contribution in [-0.2, 0) is 11.2 Å². The number of aryl methyl sites for hydroxylation is 1. The maximum atomic E-state index is 12.4. The molecule has 1 N–H and O–H groups in total. The molecule has 1 aliphatic rings. The number of hydrogen-bond donors (Lipinski definition) is 1. The topological polar surface area (TPSA) is 75.5 Å². The highest BCUT2D eigenvalue weighted by Crippen LogP contribution is 2.30. The molecule has 2 aromatic carbocycles. The predicted octanol–water partition coefficient (Wildman–Crippen LogP) is 3.37. The summed E-state index contributed by atoms with van der Waals surface area (Å²) in [5.41, 5.74) is 2.42. The van der Waals surface area contributed by atoms with Crippen LogP contribution in [0.2, 0.25) is 0 Å². The van der Waals surface area contributed by atoms with Gasteiger partial charge in [-0.2, -0.15) is 0 Å². The van der Waals surface area contributed by atoms with E-state index in [4.69, 9.17) is 0 Å². The molecule has 0 spiro atoms. The van der Waals surface area contributed by atoms with Crippen LogP contribution >= 0.6 is 0 Å². The van der Waals surface area contributed by atoms with E-state index in [0.717, 1.165) is 18.5 Å². The summed E-state index contributed by atoms with van der Waals surface area (Å²) in [6.07, 6.45) is 1.98. The number of hydrogen-bond acceptors (Lipinski definition) is 4. The Bertz CT molecular complexity index is 776. The minimum atomic E-state index is -0.492. The Balaban J connectivity index is 1.77. The molecule has 24 heavy (non-hydrogen) atoms. The van der Waals surface area contributed by atoms with Crippen molar-refractivity contribution < 1.29 is 9.72 Å². The first-order valence-electron chi connectivity index (χ1n) is 7.94. The third kappa shape index (κ3) is 3.22. The monoisotopic (exact) mass is 325 g/mol. The smallest absolute Gasteiger partial charge is 0.292 e. The molecule has 6 nitrogen and oxygen atoms in total. The molecule has 0 radical (unpaired) electrons. The number of benzene rings is 2. The largest absolute Gasteiger partial charge is 0.359 e. The average molecular weight is 325 g/mol. The number of carbonyl (C=O) groups is 1.